The van der Waals surface area contributed by atoms with Gasteiger partial charge in [0.1, 0.15) is 44.2 Å². The molecule has 22 nitrogen and oxygen atoms in total. The number of ether oxygens (including phenoxy) is 3. The SMILES string of the molecule is CC(O)C(=O)O.CCCCCCCCCCCCCCCCCC(=O)OCC(O)CO.CCCCCCCCCCCCCCCCCC(=O)OCC(O)CO.CCCCCCCCCCCCCCCCCC(=O)OCC(O)CO.O=C(O)CC(O)(CC(=O)O)C(=O)O. The Morgan fingerprint density at radius 3 is 0.596 bits per heavy atom. The number of carboxylic acids is 4. The van der Waals surface area contributed by atoms with E-state index in [9.17, 15) is 33.6 Å². The summed E-state index contributed by atoms with van der Waals surface area (Å²) in [6.45, 7) is 6.58. The number of aliphatic carboxylic acids is 4. The van der Waals surface area contributed by atoms with Gasteiger partial charge < -0.3 is 75.5 Å². The number of unbranched alkanes of at least 4 members (excludes halogenated alkanes) is 42. The molecule has 0 fully saturated rings. The van der Waals surface area contributed by atoms with Crippen LogP contribution in [0.5, 0.6) is 0 Å². The summed E-state index contributed by atoms with van der Waals surface area (Å²) in [6, 6.07) is 0. The molecular formula is C72H140O22. The monoisotopic (exact) mass is 1360 g/mol. The third kappa shape index (κ3) is 86.0. The van der Waals surface area contributed by atoms with Crippen molar-refractivity contribution in [2.24, 2.45) is 0 Å². The van der Waals surface area contributed by atoms with E-state index >= 15 is 0 Å². The maximum atomic E-state index is 11.4. The van der Waals surface area contributed by atoms with Crippen LogP contribution in [0.1, 0.15) is 349 Å². The summed E-state index contributed by atoms with van der Waals surface area (Å²) in [5.41, 5.74) is -2.74. The Labute approximate surface area is 567 Å². The molecule has 0 aromatic heterocycles. The van der Waals surface area contributed by atoms with Crippen LogP contribution < -0.4 is 0 Å². The molecule has 0 heterocycles. The Bertz CT molecular complexity index is 1530. The normalized spacial score (nSPS) is 12.2. The molecule has 0 aliphatic carbocycles. The van der Waals surface area contributed by atoms with Gasteiger partial charge in [0, 0.05) is 19.3 Å². The molecule has 0 bridgehead atoms. The average molecular weight is 1360 g/mol. The average Bonchev–Trinajstić information content (AvgIpc) is 0.891. The molecular weight excluding hydrogens is 1220 g/mol. The molecule has 560 valence electrons. The van der Waals surface area contributed by atoms with Gasteiger partial charge in [0.15, 0.2) is 5.60 Å². The second-order valence-electron chi connectivity index (χ2n) is 25.1. The number of aliphatic hydroxyl groups is 8. The van der Waals surface area contributed by atoms with Gasteiger partial charge in [-0.1, -0.05) is 290 Å². The highest BCUT2D eigenvalue weighted by molar-refractivity contribution is 5.88. The van der Waals surface area contributed by atoms with E-state index in [1.165, 1.54) is 257 Å². The van der Waals surface area contributed by atoms with Crippen LogP contribution in [0.15, 0.2) is 0 Å². The Morgan fingerprint density at radius 2 is 0.468 bits per heavy atom. The van der Waals surface area contributed by atoms with E-state index in [4.69, 9.17) is 75.5 Å². The van der Waals surface area contributed by atoms with Crippen LogP contribution in [0, 0.1) is 0 Å². The van der Waals surface area contributed by atoms with Crippen LogP contribution in [0.25, 0.3) is 0 Å². The number of rotatable bonds is 63. The highest BCUT2D eigenvalue weighted by Gasteiger charge is 2.40. The van der Waals surface area contributed by atoms with E-state index in [2.05, 4.69) is 20.8 Å². The van der Waals surface area contributed by atoms with E-state index in [0.29, 0.717) is 19.3 Å². The maximum absolute atomic E-state index is 11.4. The first-order valence-corrected chi connectivity index (χ1v) is 36.7. The number of aliphatic hydroxyl groups excluding tert-OH is 7. The molecule has 4 atom stereocenters. The van der Waals surface area contributed by atoms with Gasteiger partial charge in [0.2, 0.25) is 0 Å². The van der Waals surface area contributed by atoms with Crippen LogP contribution in [0.4, 0.5) is 0 Å². The quantitative estimate of drug-likeness (QED) is 0.0153. The van der Waals surface area contributed by atoms with E-state index < -0.39 is 66.7 Å². The lowest BCUT2D eigenvalue weighted by Crippen LogP contribution is -2.42. The highest BCUT2D eigenvalue weighted by Crippen LogP contribution is 2.19. The lowest BCUT2D eigenvalue weighted by Gasteiger charge is -2.18. The van der Waals surface area contributed by atoms with Crippen molar-refractivity contribution in [2.75, 3.05) is 39.6 Å². The fourth-order valence-electron chi connectivity index (χ4n) is 9.58. The van der Waals surface area contributed by atoms with Crippen LogP contribution in [-0.4, -0.2) is 173 Å². The molecule has 0 spiro atoms. The van der Waals surface area contributed by atoms with E-state index in [-0.39, 0.29) is 57.5 Å². The second-order valence-corrected chi connectivity index (χ2v) is 25.1. The predicted octanol–water partition coefficient (Wildman–Crippen LogP) is 13.6. The smallest absolute Gasteiger partial charge is 0.336 e. The van der Waals surface area contributed by atoms with Crippen molar-refractivity contribution in [1.29, 1.82) is 0 Å². The van der Waals surface area contributed by atoms with Crippen molar-refractivity contribution in [3.8, 4) is 0 Å². The molecule has 0 aromatic carbocycles. The van der Waals surface area contributed by atoms with Gasteiger partial charge in [0.05, 0.1) is 32.7 Å². The molecule has 0 amide bonds. The zero-order valence-corrected chi connectivity index (χ0v) is 59.4. The molecule has 0 saturated heterocycles. The van der Waals surface area contributed by atoms with Crippen molar-refractivity contribution in [3.05, 3.63) is 0 Å². The molecule has 0 radical (unpaired) electrons. The summed E-state index contributed by atoms with van der Waals surface area (Å²) in [7, 11) is 0. The lowest BCUT2D eigenvalue weighted by atomic mass is 9.96. The first-order chi connectivity index (χ1) is 45.0. The number of esters is 3. The van der Waals surface area contributed by atoms with Crippen LogP contribution in [-0.2, 0) is 47.8 Å². The molecule has 4 unspecified atom stereocenters. The zero-order valence-electron chi connectivity index (χ0n) is 59.4. The summed E-state index contributed by atoms with van der Waals surface area (Å²) >= 11 is 0. The largest absolute Gasteiger partial charge is 0.481 e. The first-order valence-electron chi connectivity index (χ1n) is 36.7. The van der Waals surface area contributed by atoms with Crippen LogP contribution in [0.2, 0.25) is 0 Å². The van der Waals surface area contributed by atoms with E-state index in [0.717, 1.165) is 38.5 Å². The van der Waals surface area contributed by atoms with Gasteiger partial charge in [0.25, 0.3) is 0 Å². The minimum atomic E-state index is -2.74. The van der Waals surface area contributed by atoms with Crippen molar-refractivity contribution < 1.29 is 109 Å². The molecule has 12 N–H and O–H groups in total. The van der Waals surface area contributed by atoms with Gasteiger partial charge in [-0.2, -0.15) is 0 Å². The molecule has 0 saturated carbocycles. The fourth-order valence-corrected chi connectivity index (χ4v) is 9.58. The van der Waals surface area contributed by atoms with Gasteiger partial charge in [-0.05, 0) is 26.2 Å². The molecule has 0 aliphatic rings. The standard InChI is InChI=1S/3C21H42O4.C6H8O7.C3H6O3/c3*1-2-3-4-5-6-7-8-9-10-11-12-13-14-15-16-17-21(24)25-19-20(23)18-22;7-3(8)1-6(13,5(11)12)2-4(9)10;1-2(4)3(5)6/h3*20,22-23H,2-19H2,1H3;13H,1-2H2,(H,7,8)(H,9,10)(H,11,12);2,4H,1H3,(H,5,6). The highest BCUT2D eigenvalue weighted by atomic mass is 16.6. The Morgan fingerprint density at radius 1 is 0.309 bits per heavy atom. The Hall–Kier alpha value is -4.03. The summed E-state index contributed by atoms with van der Waals surface area (Å²) < 4.78 is 14.6. The minimum Gasteiger partial charge on any atom is -0.481 e. The van der Waals surface area contributed by atoms with Gasteiger partial charge >= 0.3 is 41.8 Å². The minimum absolute atomic E-state index is 0.103. The van der Waals surface area contributed by atoms with Crippen molar-refractivity contribution in [3.63, 3.8) is 0 Å². The molecule has 94 heavy (non-hydrogen) atoms. The number of hydrogen-bond acceptors (Lipinski definition) is 18. The van der Waals surface area contributed by atoms with Crippen molar-refractivity contribution in [2.45, 2.75) is 379 Å². The number of carbonyl (C=O) groups is 7. The number of hydrogen-bond donors (Lipinski definition) is 12. The number of carboxylic acid groups (broad SMARTS) is 4. The summed E-state index contributed by atoms with van der Waals surface area (Å²) in [5, 5.41) is 103. The molecule has 0 aromatic rings. The topological polar surface area (TPSA) is 390 Å². The Kier molecular flexibility index (Phi) is 81.8. The van der Waals surface area contributed by atoms with E-state index in [1.807, 2.05) is 0 Å². The van der Waals surface area contributed by atoms with Gasteiger partial charge in [-0.3, -0.25) is 24.0 Å². The molecule has 0 aliphatic heterocycles. The lowest BCUT2D eigenvalue weighted by molar-refractivity contribution is -0.170. The van der Waals surface area contributed by atoms with Crippen LogP contribution >= 0.6 is 0 Å². The summed E-state index contributed by atoms with van der Waals surface area (Å²) in [4.78, 5) is 74.1. The first kappa shape index (κ1) is 98.6. The third-order valence-electron chi connectivity index (χ3n) is 15.5. The number of carbonyl (C=O) groups excluding carboxylic acids is 3. The van der Waals surface area contributed by atoms with Crippen molar-refractivity contribution in [1.82, 2.24) is 0 Å². The fraction of sp³-hybridized carbons (Fsp3) is 0.903. The zero-order chi connectivity index (χ0) is 71.6. The summed E-state index contributed by atoms with van der Waals surface area (Å²) in [5.74, 6) is -7.03. The van der Waals surface area contributed by atoms with Crippen LogP contribution in [0.3, 0.4) is 0 Å². The predicted molar refractivity (Wildman–Crippen MR) is 367 cm³/mol. The summed E-state index contributed by atoms with van der Waals surface area (Å²) in [6.07, 6.45) is 53.6. The van der Waals surface area contributed by atoms with Gasteiger partial charge in [-0.15, -0.1) is 0 Å². The Balaban J connectivity index is -0.000000370. The van der Waals surface area contributed by atoms with E-state index in [1.54, 1.807) is 0 Å². The van der Waals surface area contributed by atoms with Gasteiger partial charge in [-0.25, -0.2) is 9.59 Å². The second kappa shape index (κ2) is 78.0. The molecule has 22 heteroatoms. The third-order valence-corrected chi connectivity index (χ3v) is 15.5. The van der Waals surface area contributed by atoms with Crippen molar-refractivity contribution >= 4 is 41.8 Å². The molecule has 0 rings (SSSR count). The maximum Gasteiger partial charge on any atom is 0.336 e.